The topological polar surface area (TPSA) is 13.0 Å². The number of para-hydroxylation sites is 2. The van der Waals surface area contributed by atoms with Crippen molar-refractivity contribution in [3.63, 3.8) is 0 Å². The number of anilines is 8. The number of rotatable bonds is 0. The van der Waals surface area contributed by atoms with Crippen LogP contribution in [0.4, 0.5) is 45.5 Å². The molecule has 0 fully saturated rings. The monoisotopic (exact) mass is 1200 g/mol. The molecule has 0 saturated carbocycles. The molecule has 93 heavy (non-hydrogen) atoms. The third-order valence-corrected chi connectivity index (χ3v) is 21.2. The van der Waals surface area contributed by atoms with Crippen LogP contribution >= 0.6 is 0 Å². The van der Waals surface area contributed by atoms with Gasteiger partial charge in [-0.2, -0.15) is 0 Å². The molecule has 14 aromatic carbocycles. The molecule has 1 aliphatic carbocycles. The molecule has 0 radical (unpaired) electrons. The van der Waals surface area contributed by atoms with Crippen LogP contribution in [0.3, 0.4) is 0 Å². The lowest BCUT2D eigenvalue weighted by molar-refractivity contribution is 0.660. The standard InChI is InChI=1S/C24H23N.2C23H19N.C19H17N/c1-24(2)19-10-6-5-9-17(19)23-18-13-12-16-8-4-7-11-21(16)25(3)22(18)15-14-20(23)24;1-24-22-15-13-16-6-2-4-8-19(16)21(22)14-12-18-11-10-17-7-3-5-9-20(17)23(18)24;1-24-22-15-19-8-3-2-7-18(19)14-20(22)13-12-17-11-10-16-6-4-5-9-21(16)23(17)24;1-20-18-9-5-3-7-15(18)10-12-17-16-8-4-2-6-14(16)11-13-19(17)20/h4-11,14-15H,12-13H2,1-3H3;2-11,13,15H,12,14H2,1H3;2-11,14-15H,12-13H2,1H3;2-9,11,13H,10,12H2,1H3. The Hall–Kier alpha value is -10.4. The Bertz CT molecular complexity index is 5190. The Morgan fingerprint density at radius 3 is 1.19 bits per heavy atom. The lowest BCUT2D eigenvalue weighted by Crippen LogP contribution is -2.16. The van der Waals surface area contributed by atoms with Crippen molar-refractivity contribution >= 4 is 99.4 Å². The van der Waals surface area contributed by atoms with Gasteiger partial charge in [0.05, 0.1) is 11.4 Å². The predicted octanol–water partition coefficient (Wildman–Crippen LogP) is 22.3. The normalized spacial score (nSPS) is 14.4. The molecule has 4 nitrogen and oxygen atoms in total. The van der Waals surface area contributed by atoms with E-state index in [1.165, 1.54) is 166 Å². The summed E-state index contributed by atoms with van der Waals surface area (Å²) in [5, 5.41) is 13.4. The van der Waals surface area contributed by atoms with Crippen LogP contribution in [0.15, 0.2) is 267 Å². The number of hydrogen-bond donors (Lipinski definition) is 0. The first-order valence-electron chi connectivity index (χ1n) is 33.5. The average Bonchev–Trinajstić information content (AvgIpc) is 1.57. The van der Waals surface area contributed by atoms with Crippen LogP contribution in [0.25, 0.3) is 65.0 Å². The van der Waals surface area contributed by atoms with Crippen LogP contribution in [0, 0.1) is 0 Å². The molecule has 4 aliphatic heterocycles. The summed E-state index contributed by atoms with van der Waals surface area (Å²) >= 11 is 0. The van der Waals surface area contributed by atoms with Crippen LogP contribution < -0.4 is 19.6 Å². The second kappa shape index (κ2) is 23.7. The highest BCUT2D eigenvalue weighted by molar-refractivity contribution is 6.02. The molecule has 454 valence electrons. The number of aryl methyl sites for hydroxylation is 7. The Kier molecular flexibility index (Phi) is 14.7. The van der Waals surface area contributed by atoms with Crippen molar-refractivity contribution in [2.24, 2.45) is 0 Å². The van der Waals surface area contributed by atoms with Crippen molar-refractivity contribution in [3.05, 3.63) is 323 Å². The van der Waals surface area contributed by atoms with E-state index in [1.807, 2.05) is 0 Å². The smallest absolute Gasteiger partial charge is 0.0520 e. The second-order valence-corrected chi connectivity index (χ2v) is 26.6. The van der Waals surface area contributed by atoms with E-state index in [-0.39, 0.29) is 5.41 Å². The van der Waals surface area contributed by atoms with Gasteiger partial charge in [-0.05, 0) is 204 Å². The van der Waals surface area contributed by atoms with Crippen LogP contribution in [-0.4, -0.2) is 28.2 Å². The molecule has 14 aromatic rings. The van der Waals surface area contributed by atoms with E-state index in [1.54, 1.807) is 0 Å². The SMILES string of the molecule is CN1c2cc3ccccc3cc2CCc2ccc3ccccc3c21.CN1c2ccc3ccccc3c2CCc2ccc3ccccc3c21.CN1c2ccccc2CCc2c1ccc1c2-c2ccccc2C1(C)C.CN1c2ccccc2CCc2c1ccc1ccccc21. The zero-order valence-electron chi connectivity index (χ0n) is 54.3. The second-order valence-electron chi connectivity index (χ2n) is 26.6. The highest BCUT2D eigenvalue weighted by Crippen LogP contribution is 2.53. The maximum absolute atomic E-state index is 2.40. The van der Waals surface area contributed by atoms with Gasteiger partial charge < -0.3 is 19.6 Å². The largest absolute Gasteiger partial charge is 0.344 e. The first-order chi connectivity index (χ1) is 45.6. The molecule has 0 spiro atoms. The molecule has 4 heteroatoms. The molecule has 0 saturated heterocycles. The fourth-order valence-corrected chi connectivity index (χ4v) is 16.5. The first kappa shape index (κ1) is 57.7. The minimum absolute atomic E-state index is 0.0820. The lowest BCUT2D eigenvalue weighted by Gasteiger charge is -2.25. The number of fused-ring (bicyclic) bond motifs is 21. The Balaban J connectivity index is 0.0000000987. The zero-order chi connectivity index (χ0) is 62.9. The molecule has 5 aliphatic rings. The summed E-state index contributed by atoms with van der Waals surface area (Å²) < 4.78 is 0. The molecule has 0 unspecified atom stereocenters. The fourth-order valence-electron chi connectivity index (χ4n) is 16.5. The maximum Gasteiger partial charge on any atom is 0.0520 e. The van der Waals surface area contributed by atoms with E-state index in [9.17, 15) is 0 Å². The third-order valence-electron chi connectivity index (χ3n) is 21.2. The van der Waals surface area contributed by atoms with Gasteiger partial charge in [-0.3, -0.25) is 0 Å². The summed E-state index contributed by atoms with van der Waals surface area (Å²) in [7, 11) is 8.81. The highest BCUT2D eigenvalue weighted by atomic mass is 15.1. The summed E-state index contributed by atoms with van der Waals surface area (Å²) in [6.07, 6.45) is 8.79. The molecule has 0 amide bonds. The molecular weight excluding hydrogens is 1130 g/mol. The van der Waals surface area contributed by atoms with Crippen LogP contribution in [-0.2, 0) is 56.8 Å². The third kappa shape index (κ3) is 10.1. The highest BCUT2D eigenvalue weighted by Gasteiger charge is 2.38. The first-order valence-corrected chi connectivity index (χ1v) is 33.5. The molecule has 0 atom stereocenters. The summed E-state index contributed by atoms with van der Waals surface area (Å²) in [6, 6.07) is 97.6. The molecule has 4 heterocycles. The predicted molar refractivity (Wildman–Crippen MR) is 399 cm³/mol. The summed E-state index contributed by atoms with van der Waals surface area (Å²) in [5.74, 6) is 0. The fraction of sp³-hybridized carbons (Fsp3) is 0.169. The van der Waals surface area contributed by atoms with Gasteiger partial charge in [-0.1, -0.05) is 238 Å². The van der Waals surface area contributed by atoms with Gasteiger partial charge in [0, 0.05) is 78.5 Å². The number of benzene rings is 14. The van der Waals surface area contributed by atoms with E-state index in [2.05, 4.69) is 329 Å². The quantitative estimate of drug-likeness (QED) is 0.150. The minimum Gasteiger partial charge on any atom is -0.344 e. The van der Waals surface area contributed by atoms with Crippen molar-refractivity contribution < 1.29 is 0 Å². The van der Waals surface area contributed by atoms with Gasteiger partial charge >= 0.3 is 0 Å². The van der Waals surface area contributed by atoms with Gasteiger partial charge in [-0.15, -0.1) is 0 Å². The van der Waals surface area contributed by atoms with Gasteiger partial charge in [0.15, 0.2) is 0 Å². The molecule has 19 rings (SSSR count). The zero-order valence-corrected chi connectivity index (χ0v) is 54.3. The van der Waals surface area contributed by atoms with E-state index in [0.717, 1.165) is 51.4 Å². The molecular formula is C89H78N4. The Morgan fingerprint density at radius 1 is 0.247 bits per heavy atom. The van der Waals surface area contributed by atoms with Crippen LogP contribution in [0.2, 0.25) is 0 Å². The van der Waals surface area contributed by atoms with Gasteiger partial charge in [-0.25, -0.2) is 0 Å². The van der Waals surface area contributed by atoms with E-state index in [4.69, 9.17) is 0 Å². The molecule has 0 bridgehead atoms. The van der Waals surface area contributed by atoms with E-state index < -0.39 is 0 Å². The summed E-state index contributed by atoms with van der Waals surface area (Å²) in [6.45, 7) is 4.72. The molecule has 0 aromatic heterocycles. The molecule has 0 N–H and O–H groups in total. The number of nitrogens with zero attached hydrogens (tertiary/aromatic N) is 4. The summed E-state index contributed by atoms with van der Waals surface area (Å²) in [4.78, 5) is 9.51. The van der Waals surface area contributed by atoms with Crippen molar-refractivity contribution in [2.75, 3.05) is 47.8 Å². The maximum atomic E-state index is 2.40. The average molecular weight is 1200 g/mol. The van der Waals surface area contributed by atoms with Crippen molar-refractivity contribution in [1.29, 1.82) is 0 Å². The van der Waals surface area contributed by atoms with Crippen LogP contribution in [0.5, 0.6) is 0 Å². The number of hydrogen-bond acceptors (Lipinski definition) is 4. The van der Waals surface area contributed by atoms with Gasteiger partial charge in [0.25, 0.3) is 0 Å². The van der Waals surface area contributed by atoms with E-state index in [0.29, 0.717) is 0 Å². The van der Waals surface area contributed by atoms with Crippen molar-refractivity contribution in [1.82, 2.24) is 0 Å². The van der Waals surface area contributed by atoms with Gasteiger partial charge in [0.1, 0.15) is 0 Å². The van der Waals surface area contributed by atoms with Crippen molar-refractivity contribution in [2.45, 2.75) is 70.6 Å². The van der Waals surface area contributed by atoms with Gasteiger partial charge in [0.2, 0.25) is 0 Å². The summed E-state index contributed by atoms with van der Waals surface area (Å²) in [5.41, 5.74) is 28.4. The van der Waals surface area contributed by atoms with E-state index >= 15 is 0 Å². The van der Waals surface area contributed by atoms with Crippen molar-refractivity contribution in [3.8, 4) is 11.1 Å². The van der Waals surface area contributed by atoms with Crippen LogP contribution in [0.1, 0.15) is 69.5 Å². The minimum atomic E-state index is 0.0820. The Labute approximate surface area is 548 Å². The lowest BCUT2D eigenvalue weighted by atomic mass is 9.82. The Morgan fingerprint density at radius 2 is 0.624 bits per heavy atom.